The van der Waals surface area contributed by atoms with Crippen LogP contribution in [0.1, 0.15) is 44.6 Å². The second kappa shape index (κ2) is 10.0. The maximum Gasteiger partial charge on any atom is 0.410 e. The van der Waals surface area contributed by atoms with Crippen LogP contribution in [0.2, 0.25) is 0 Å². The minimum absolute atomic E-state index is 0.0280. The summed E-state index contributed by atoms with van der Waals surface area (Å²) in [5, 5.41) is 3.88. The van der Waals surface area contributed by atoms with Crippen LogP contribution in [0.4, 0.5) is 4.79 Å². The number of amides is 2. The van der Waals surface area contributed by atoms with E-state index in [0.29, 0.717) is 43.5 Å². The zero-order valence-electron chi connectivity index (χ0n) is 19.7. The standard InChI is InChI=1S/C23H30N4O6/c1-15-24-20(25-33-15)17-8-6-16(7-9-17)18(21(29)31-5)14-19(28)26-10-12-27(13-11-26)22(30)32-23(2,3)4/h6-9,18H,10-14H2,1-5H3. The van der Waals surface area contributed by atoms with E-state index in [1.165, 1.54) is 7.11 Å². The molecule has 3 rings (SSSR count). The molecule has 1 aliphatic heterocycles. The number of piperazine rings is 1. The molecule has 10 nitrogen and oxygen atoms in total. The number of nitrogens with zero attached hydrogens (tertiary/aromatic N) is 4. The van der Waals surface area contributed by atoms with E-state index in [2.05, 4.69) is 10.1 Å². The van der Waals surface area contributed by atoms with Gasteiger partial charge in [0.25, 0.3) is 0 Å². The van der Waals surface area contributed by atoms with Crippen LogP contribution >= 0.6 is 0 Å². The number of esters is 1. The molecule has 1 aromatic heterocycles. The molecular weight excluding hydrogens is 428 g/mol. The number of ether oxygens (including phenoxy) is 2. The fourth-order valence-electron chi connectivity index (χ4n) is 3.53. The van der Waals surface area contributed by atoms with Crippen molar-refractivity contribution in [1.29, 1.82) is 0 Å². The van der Waals surface area contributed by atoms with E-state index >= 15 is 0 Å². The first kappa shape index (κ1) is 24.2. The van der Waals surface area contributed by atoms with Crippen molar-refractivity contribution in [2.24, 2.45) is 0 Å². The second-order valence-corrected chi connectivity index (χ2v) is 8.89. The molecule has 1 fully saturated rings. The molecule has 178 valence electrons. The zero-order valence-corrected chi connectivity index (χ0v) is 19.7. The van der Waals surface area contributed by atoms with Gasteiger partial charge in [0.2, 0.25) is 17.6 Å². The van der Waals surface area contributed by atoms with Crippen molar-refractivity contribution in [3.8, 4) is 11.4 Å². The number of rotatable bonds is 5. The topological polar surface area (TPSA) is 115 Å². The van der Waals surface area contributed by atoms with Crippen molar-refractivity contribution in [3.05, 3.63) is 35.7 Å². The summed E-state index contributed by atoms with van der Waals surface area (Å²) in [6.45, 7) is 8.65. The molecule has 2 amide bonds. The molecule has 0 radical (unpaired) electrons. The number of hydrogen-bond donors (Lipinski definition) is 0. The molecule has 0 spiro atoms. The van der Waals surface area contributed by atoms with Crippen molar-refractivity contribution in [1.82, 2.24) is 19.9 Å². The quantitative estimate of drug-likeness (QED) is 0.628. The third-order valence-electron chi connectivity index (χ3n) is 5.25. The molecule has 0 N–H and O–H groups in total. The maximum atomic E-state index is 12.9. The molecule has 1 saturated heterocycles. The lowest BCUT2D eigenvalue weighted by atomic mass is 9.94. The Kier molecular flexibility index (Phi) is 7.35. The Bertz CT molecular complexity index is 987. The Morgan fingerprint density at radius 2 is 1.67 bits per heavy atom. The van der Waals surface area contributed by atoms with Crippen molar-refractivity contribution >= 4 is 18.0 Å². The molecule has 2 aromatic rings. The zero-order chi connectivity index (χ0) is 24.2. The third-order valence-corrected chi connectivity index (χ3v) is 5.25. The fourth-order valence-corrected chi connectivity index (χ4v) is 3.53. The largest absolute Gasteiger partial charge is 0.469 e. The summed E-state index contributed by atoms with van der Waals surface area (Å²) in [6.07, 6.45) is -0.418. The van der Waals surface area contributed by atoms with Crippen molar-refractivity contribution in [2.75, 3.05) is 33.3 Å². The van der Waals surface area contributed by atoms with Gasteiger partial charge in [-0.2, -0.15) is 4.98 Å². The van der Waals surface area contributed by atoms with E-state index in [9.17, 15) is 14.4 Å². The molecule has 1 unspecified atom stereocenters. The number of hydrogen-bond acceptors (Lipinski definition) is 8. The summed E-state index contributed by atoms with van der Waals surface area (Å²) < 4.78 is 15.3. The van der Waals surface area contributed by atoms with Gasteiger partial charge in [-0.25, -0.2) is 4.79 Å². The predicted molar refractivity (Wildman–Crippen MR) is 118 cm³/mol. The van der Waals surface area contributed by atoms with Gasteiger partial charge in [-0.05, 0) is 26.3 Å². The SMILES string of the molecule is COC(=O)C(CC(=O)N1CCN(C(=O)OC(C)(C)C)CC1)c1ccc(-c2noc(C)n2)cc1. The average molecular weight is 459 g/mol. The molecule has 2 heterocycles. The highest BCUT2D eigenvalue weighted by molar-refractivity contribution is 5.87. The van der Waals surface area contributed by atoms with Crippen molar-refractivity contribution in [3.63, 3.8) is 0 Å². The molecule has 33 heavy (non-hydrogen) atoms. The van der Waals surface area contributed by atoms with Crippen LogP contribution in [0.3, 0.4) is 0 Å². The van der Waals surface area contributed by atoms with Crippen LogP contribution in [0.5, 0.6) is 0 Å². The number of aryl methyl sites for hydroxylation is 1. The molecule has 1 aliphatic rings. The fraction of sp³-hybridized carbons (Fsp3) is 0.522. The number of benzene rings is 1. The molecule has 10 heteroatoms. The second-order valence-electron chi connectivity index (χ2n) is 8.89. The Hall–Kier alpha value is -3.43. The molecule has 1 atom stereocenters. The molecule has 1 aromatic carbocycles. The molecule has 0 bridgehead atoms. The van der Waals surface area contributed by atoms with Gasteiger partial charge >= 0.3 is 12.1 Å². The molecule has 0 aliphatic carbocycles. The lowest BCUT2D eigenvalue weighted by molar-refractivity contribution is -0.146. The number of carbonyl (C=O) groups excluding carboxylic acids is 3. The van der Waals surface area contributed by atoms with E-state index in [-0.39, 0.29) is 18.4 Å². The average Bonchev–Trinajstić information content (AvgIpc) is 3.22. The van der Waals surface area contributed by atoms with E-state index in [0.717, 1.165) is 5.56 Å². The Balaban J connectivity index is 1.63. The van der Waals surface area contributed by atoms with Gasteiger partial charge in [-0.1, -0.05) is 29.4 Å². The van der Waals surface area contributed by atoms with E-state index in [4.69, 9.17) is 14.0 Å². The summed E-state index contributed by atoms with van der Waals surface area (Å²) in [6, 6.07) is 7.08. The summed E-state index contributed by atoms with van der Waals surface area (Å²) in [7, 11) is 1.30. The third kappa shape index (κ3) is 6.30. The molecule has 0 saturated carbocycles. The summed E-state index contributed by atoms with van der Waals surface area (Å²) in [4.78, 5) is 45.1. The van der Waals surface area contributed by atoms with Crippen LogP contribution in [-0.4, -0.2) is 76.8 Å². The lowest BCUT2D eigenvalue weighted by Crippen LogP contribution is -2.51. The highest BCUT2D eigenvalue weighted by Crippen LogP contribution is 2.26. The summed E-state index contributed by atoms with van der Waals surface area (Å²) in [5.41, 5.74) is 0.825. The first-order chi connectivity index (χ1) is 15.6. The van der Waals surface area contributed by atoms with Gasteiger partial charge < -0.3 is 23.8 Å². The van der Waals surface area contributed by atoms with Gasteiger partial charge in [-0.15, -0.1) is 0 Å². The van der Waals surface area contributed by atoms with Crippen LogP contribution in [-0.2, 0) is 19.1 Å². The summed E-state index contributed by atoms with van der Waals surface area (Å²) in [5.74, 6) is -0.495. The lowest BCUT2D eigenvalue weighted by Gasteiger charge is -2.36. The van der Waals surface area contributed by atoms with Crippen LogP contribution in [0, 0.1) is 6.92 Å². The first-order valence-electron chi connectivity index (χ1n) is 10.8. The van der Waals surface area contributed by atoms with E-state index in [1.54, 1.807) is 41.0 Å². The van der Waals surface area contributed by atoms with Crippen LogP contribution < -0.4 is 0 Å². The van der Waals surface area contributed by atoms with Gasteiger partial charge in [0.05, 0.1) is 13.0 Å². The number of carbonyl (C=O) groups is 3. The van der Waals surface area contributed by atoms with Gasteiger partial charge in [0.15, 0.2) is 0 Å². The highest BCUT2D eigenvalue weighted by atomic mass is 16.6. The van der Waals surface area contributed by atoms with Gasteiger partial charge in [0.1, 0.15) is 5.60 Å². The highest BCUT2D eigenvalue weighted by Gasteiger charge is 2.31. The smallest absolute Gasteiger partial charge is 0.410 e. The minimum Gasteiger partial charge on any atom is -0.469 e. The minimum atomic E-state index is -0.743. The van der Waals surface area contributed by atoms with Crippen LogP contribution in [0.15, 0.2) is 28.8 Å². The van der Waals surface area contributed by atoms with E-state index < -0.39 is 17.5 Å². The van der Waals surface area contributed by atoms with Gasteiger partial charge in [0, 0.05) is 45.1 Å². The Morgan fingerprint density at radius 1 is 1.06 bits per heavy atom. The molecular formula is C23H30N4O6. The normalized spacial score (nSPS) is 15.2. The number of aromatic nitrogens is 2. The summed E-state index contributed by atoms with van der Waals surface area (Å²) >= 11 is 0. The maximum absolute atomic E-state index is 12.9. The van der Waals surface area contributed by atoms with Crippen molar-refractivity contribution in [2.45, 2.75) is 45.6 Å². The number of methoxy groups -OCH3 is 1. The van der Waals surface area contributed by atoms with Crippen LogP contribution in [0.25, 0.3) is 11.4 Å². The Labute approximate surface area is 192 Å². The Morgan fingerprint density at radius 3 is 2.18 bits per heavy atom. The van der Waals surface area contributed by atoms with E-state index in [1.807, 2.05) is 20.8 Å². The monoisotopic (exact) mass is 458 g/mol. The van der Waals surface area contributed by atoms with Crippen molar-refractivity contribution < 1.29 is 28.4 Å². The predicted octanol–water partition coefficient (Wildman–Crippen LogP) is 2.77. The van der Waals surface area contributed by atoms with Gasteiger partial charge in [-0.3, -0.25) is 9.59 Å². The first-order valence-corrected chi connectivity index (χ1v) is 10.8.